The van der Waals surface area contributed by atoms with Crippen LogP contribution in [0.1, 0.15) is 69.8 Å². The van der Waals surface area contributed by atoms with Crippen LogP contribution in [0, 0.1) is 11.7 Å². The number of benzene rings is 1. The largest absolute Gasteiger partial charge is 0.205 e. The predicted octanol–water partition coefficient (Wildman–Crippen LogP) is 7.80. The minimum Gasteiger partial charge on any atom is -0.205 e. The highest BCUT2D eigenvalue weighted by molar-refractivity contribution is 6.80. The lowest BCUT2D eigenvalue weighted by Crippen LogP contribution is -2.41. The summed E-state index contributed by atoms with van der Waals surface area (Å²) >= 11 is 5.83. The van der Waals surface area contributed by atoms with Gasteiger partial charge in [0.1, 0.15) is 5.82 Å². The fourth-order valence-corrected chi connectivity index (χ4v) is 10.7. The van der Waals surface area contributed by atoms with Crippen molar-refractivity contribution in [2.45, 2.75) is 88.4 Å². The first kappa shape index (κ1) is 18.4. The molecule has 24 heavy (non-hydrogen) atoms. The maximum Gasteiger partial charge on any atom is 0.142 e. The van der Waals surface area contributed by atoms with Gasteiger partial charge in [-0.2, -0.15) is 0 Å². The van der Waals surface area contributed by atoms with Crippen molar-refractivity contribution >= 4 is 19.7 Å². The molecule has 1 aromatic carbocycles. The molecule has 3 heteroatoms. The summed E-state index contributed by atoms with van der Waals surface area (Å²) in [5.74, 6) is 1.34. The molecule has 0 bridgehead atoms. The molecule has 2 fully saturated rings. The molecule has 0 radical (unpaired) electrons. The second-order valence-electron chi connectivity index (χ2n) is 8.39. The molecule has 2 aliphatic heterocycles. The van der Waals surface area contributed by atoms with Crippen molar-refractivity contribution in [3.63, 3.8) is 0 Å². The van der Waals surface area contributed by atoms with Crippen LogP contribution in [0.25, 0.3) is 0 Å². The summed E-state index contributed by atoms with van der Waals surface area (Å²) in [6, 6.07) is 11.6. The maximum atomic E-state index is 13.7. The molecule has 2 heterocycles. The Morgan fingerprint density at radius 2 is 1.71 bits per heavy atom. The second-order valence-corrected chi connectivity index (χ2v) is 13.8. The zero-order valence-electron chi connectivity index (χ0n) is 15.1. The van der Waals surface area contributed by atoms with Gasteiger partial charge in [-0.15, -0.1) is 0 Å². The highest BCUT2D eigenvalue weighted by atomic mass is 35.5. The van der Waals surface area contributed by atoms with E-state index in [2.05, 4.69) is 6.92 Å². The van der Waals surface area contributed by atoms with E-state index in [1.54, 1.807) is 24.2 Å². The highest BCUT2D eigenvalue weighted by Crippen LogP contribution is 2.47. The van der Waals surface area contributed by atoms with E-state index in [-0.39, 0.29) is 10.8 Å². The first-order valence-electron chi connectivity index (χ1n) is 10.1. The van der Waals surface area contributed by atoms with E-state index >= 15 is 0 Å². The van der Waals surface area contributed by atoms with Crippen LogP contribution in [0.4, 0.5) is 4.39 Å². The number of unbranched alkanes of at least 4 members (excludes halogenated alkanes) is 2. The summed E-state index contributed by atoms with van der Waals surface area (Å²) < 4.78 is 13.7. The average molecular weight is 367 g/mol. The molecule has 0 unspecified atom stereocenters. The van der Waals surface area contributed by atoms with E-state index in [0.29, 0.717) is 5.92 Å². The van der Waals surface area contributed by atoms with E-state index in [0.717, 1.165) is 5.92 Å². The van der Waals surface area contributed by atoms with E-state index in [9.17, 15) is 4.39 Å². The van der Waals surface area contributed by atoms with Gasteiger partial charge < -0.3 is 0 Å². The predicted molar refractivity (Wildman–Crippen MR) is 105 cm³/mol. The van der Waals surface area contributed by atoms with Crippen LogP contribution in [0.15, 0.2) is 18.2 Å². The zero-order chi connectivity index (χ0) is 17.0. The van der Waals surface area contributed by atoms with Crippen molar-refractivity contribution in [1.82, 2.24) is 0 Å². The Balaban J connectivity index is 1.49. The highest BCUT2D eigenvalue weighted by Gasteiger charge is 2.40. The Morgan fingerprint density at radius 1 is 1.04 bits per heavy atom. The van der Waals surface area contributed by atoms with Crippen LogP contribution in [-0.2, 0) is 0 Å². The van der Waals surface area contributed by atoms with Gasteiger partial charge in [-0.3, -0.25) is 0 Å². The fraction of sp³-hybridized carbons (Fsp3) is 0.714. The summed E-state index contributed by atoms with van der Waals surface area (Å²) in [5, 5.41) is 0.252. The average Bonchev–Trinajstić information content (AvgIpc) is 2.60. The summed E-state index contributed by atoms with van der Waals surface area (Å²) in [6.07, 6.45) is 11.3. The molecule has 134 valence electrons. The monoisotopic (exact) mass is 366 g/mol. The molecule has 0 N–H and O–H groups in total. The van der Waals surface area contributed by atoms with Gasteiger partial charge >= 0.3 is 0 Å². The van der Waals surface area contributed by atoms with Gasteiger partial charge in [0.2, 0.25) is 0 Å². The summed E-state index contributed by atoms with van der Waals surface area (Å²) in [4.78, 5) is 0. The number of halogens is 2. The molecule has 0 nitrogen and oxygen atoms in total. The Hall–Kier alpha value is -0.343. The lowest BCUT2D eigenvalue weighted by atomic mass is 9.93. The van der Waals surface area contributed by atoms with Crippen LogP contribution in [-0.4, -0.2) is 8.07 Å². The fourth-order valence-electron chi connectivity index (χ4n) is 5.09. The zero-order valence-corrected chi connectivity index (χ0v) is 16.9. The Labute approximate surface area is 153 Å². The summed E-state index contributed by atoms with van der Waals surface area (Å²) in [5.41, 5.74) is 1.18. The number of rotatable bonds is 5. The topological polar surface area (TPSA) is 0 Å². The van der Waals surface area contributed by atoms with Gasteiger partial charge in [0.15, 0.2) is 0 Å². The van der Waals surface area contributed by atoms with Gasteiger partial charge in [0.25, 0.3) is 0 Å². The Kier molecular flexibility index (Phi) is 6.42. The number of hydrogen-bond acceptors (Lipinski definition) is 0. The van der Waals surface area contributed by atoms with Crippen LogP contribution in [0.5, 0.6) is 0 Å². The SMILES string of the molecule is CCCCCC1CC[Si]2(CC1)CCC(c1ccc(Cl)c(F)c1)CC2. The van der Waals surface area contributed by atoms with Crippen LogP contribution in [0.2, 0.25) is 29.2 Å². The van der Waals surface area contributed by atoms with E-state index in [4.69, 9.17) is 11.6 Å². The summed E-state index contributed by atoms with van der Waals surface area (Å²) in [7, 11) is -0.978. The van der Waals surface area contributed by atoms with Crippen molar-refractivity contribution in [2.75, 3.05) is 0 Å². The quantitative estimate of drug-likeness (QED) is 0.368. The first-order chi connectivity index (χ1) is 11.6. The molecular weight excluding hydrogens is 335 g/mol. The Bertz CT molecular complexity index is 527. The third kappa shape index (κ3) is 4.43. The normalized spacial score (nSPS) is 30.6. The number of hydrogen-bond donors (Lipinski definition) is 0. The van der Waals surface area contributed by atoms with E-state index < -0.39 is 8.07 Å². The van der Waals surface area contributed by atoms with Crippen molar-refractivity contribution < 1.29 is 4.39 Å². The van der Waals surface area contributed by atoms with Gasteiger partial charge in [-0.25, -0.2) is 4.39 Å². The van der Waals surface area contributed by atoms with Gasteiger partial charge in [-0.05, 0) is 42.4 Å². The third-order valence-corrected chi connectivity index (χ3v) is 12.5. The Morgan fingerprint density at radius 3 is 2.33 bits per heavy atom. The lowest BCUT2D eigenvalue weighted by molar-refractivity contribution is 0.407. The summed E-state index contributed by atoms with van der Waals surface area (Å²) in [6.45, 7) is 2.30. The van der Waals surface area contributed by atoms with Crippen LogP contribution in [0.3, 0.4) is 0 Å². The second kappa shape index (κ2) is 8.36. The van der Waals surface area contributed by atoms with Crippen molar-refractivity contribution in [1.29, 1.82) is 0 Å². The molecule has 0 aromatic heterocycles. The molecule has 0 amide bonds. The molecule has 1 aromatic rings. The lowest BCUT2D eigenvalue weighted by Gasteiger charge is -2.43. The minimum atomic E-state index is -0.978. The molecule has 1 spiro atoms. The van der Waals surface area contributed by atoms with E-state index in [1.807, 2.05) is 6.07 Å². The standard InChI is InChI=1S/C21H32ClFSi/c1-2-3-4-5-17-8-12-24(13-9-17)14-10-18(11-15-24)19-6-7-20(22)21(23)16-19/h6-7,16-18H,2-5,8-15H2,1H3. The molecular formula is C21H32ClFSi. The van der Waals surface area contributed by atoms with Gasteiger partial charge in [0, 0.05) is 0 Å². The van der Waals surface area contributed by atoms with Crippen molar-refractivity contribution in [2.24, 2.45) is 5.92 Å². The van der Waals surface area contributed by atoms with Gasteiger partial charge in [0.05, 0.1) is 13.1 Å². The molecule has 3 rings (SSSR count). The van der Waals surface area contributed by atoms with Gasteiger partial charge in [-0.1, -0.05) is 87.3 Å². The van der Waals surface area contributed by atoms with E-state index in [1.165, 1.54) is 69.0 Å². The molecule has 0 saturated carbocycles. The molecule has 2 aliphatic rings. The van der Waals surface area contributed by atoms with Crippen molar-refractivity contribution in [3.8, 4) is 0 Å². The van der Waals surface area contributed by atoms with Crippen molar-refractivity contribution in [3.05, 3.63) is 34.6 Å². The third-order valence-electron chi connectivity index (χ3n) is 6.84. The maximum absolute atomic E-state index is 13.7. The van der Waals surface area contributed by atoms with Crippen LogP contribution < -0.4 is 0 Å². The minimum absolute atomic E-state index is 0.251. The molecule has 0 aliphatic carbocycles. The first-order valence-corrected chi connectivity index (χ1v) is 13.3. The molecule has 0 atom stereocenters. The molecule has 2 saturated heterocycles. The van der Waals surface area contributed by atoms with Crippen LogP contribution >= 0.6 is 11.6 Å². The smallest absolute Gasteiger partial charge is 0.142 e.